The number of carboxylic acids is 1. The Balaban J connectivity index is 2.65. The Morgan fingerprint density at radius 2 is 1.89 bits per heavy atom. The second-order valence-electron chi connectivity index (χ2n) is 7.50. The second-order valence-corrected chi connectivity index (χ2v) is 7.91. The van der Waals surface area contributed by atoms with Crippen molar-refractivity contribution >= 4 is 23.6 Å². The van der Waals surface area contributed by atoms with Crippen molar-refractivity contribution < 1.29 is 27.8 Å². The molecule has 1 aromatic rings. The van der Waals surface area contributed by atoms with Crippen LogP contribution in [0.4, 0.5) is 13.2 Å². The van der Waals surface area contributed by atoms with Crippen LogP contribution in [0, 0.1) is 0 Å². The summed E-state index contributed by atoms with van der Waals surface area (Å²) in [7, 11) is 0. The summed E-state index contributed by atoms with van der Waals surface area (Å²) in [6.45, 7) is 7.28. The summed E-state index contributed by atoms with van der Waals surface area (Å²) in [5.74, 6) is -1.66. The van der Waals surface area contributed by atoms with Crippen molar-refractivity contribution in [2.24, 2.45) is 0 Å². The molecule has 3 nitrogen and oxygen atoms in total. The molecule has 0 aromatic heterocycles. The van der Waals surface area contributed by atoms with Crippen LogP contribution < -0.4 is 4.74 Å². The molecule has 1 heterocycles. The van der Waals surface area contributed by atoms with E-state index in [1.54, 1.807) is 0 Å². The first-order valence-corrected chi connectivity index (χ1v) is 9.32. The van der Waals surface area contributed by atoms with Crippen LogP contribution in [0.15, 0.2) is 17.7 Å². The Hall–Kier alpha value is -1.69. The Morgan fingerprint density at radius 3 is 2.37 bits per heavy atom. The SMILES string of the molecule is CCCCC(C)(C)c1cc2c(cc1Cl)C=C(C(=O)O)[C@](CC)(C(F)(F)F)O2. The Labute approximate surface area is 162 Å². The number of halogens is 4. The molecule has 1 N–H and O–H groups in total. The molecule has 0 fully saturated rings. The second kappa shape index (κ2) is 7.38. The van der Waals surface area contributed by atoms with Gasteiger partial charge >= 0.3 is 12.1 Å². The number of hydrogen-bond acceptors (Lipinski definition) is 2. The number of unbranched alkanes of at least 4 members (excludes halogenated alkanes) is 1. The summed E-state index contributed by atoms with van der Waals surface area (Å²) < 4.78 is 46.8. The van der Waals surface area contributed by atoms with Crippen molar-refractivity contribution in [3.8, 4) is 5.75 Å². The average Bonchev–Trinajstić information content (AvgIpc) is 2.57. The van der Waals surface area contributed by atoms with Crippen molar-refractivity contribution in [3.05, 3.63) is 33.9 Å². The number of ether oxygens (including phenoxy) is 1. The zero-order valence-electron chi connectivity index (χ0n) is 15.8. The zero-order valence-corrected chi connectivity index (χ0v) is 16.6. The molecule has 0 radical (unpaired) electrons. The highest BCUT2D eigenvalue weighted by atomic mass is 35.5. The van der Waals surface area contributed by atoms with Crippen LogP contribution in [-0.2, 0) is 10.2 Å². The minimum absolute atomic E-state index is 0.00292. The highest BCUT2D eigenvalue weighted by Gasteiger charge is 2.62. The van der Waals surface area contributed by atoms with Crippen molar-refractivity contribution in [1.82, 2.24) is 0 Å². The Bertz CT molecular complexity index is 768. The molecule has 0 saturated carbocycles. The van der Waals surface area contributed by atoms with Crippen LogP contribution in [0.25, 0.3) is 6.08 Å². The van der Waals surface area contributed by atoms with E-state index in [1.807, 2.05) is 13.8 Å². The van der Waals surface area contributed by atoms with Gasteiger partial charge in [-0.05, 0) is 42.0 Å². The van der Waals surface area contributed by atoms with Gasteiger partial charge in [-0.15, -0.1) is 0 Å². The summed E-state index contributed by atoms with van der Waals surface area (Å²) in [5.41, 5.74) is -3.14. The number of alkyl halides is 3. The Kier molecular flexibility index (Phi) is 5.91. The lowest BCUT2D eigenvalue weighted by atomic mass is 9.79. The molecule has 0 saturated heterocycles. The molecule has 27 heavy (non-hydrogen) atoms. The summed E-state index contributed by atoms with van der Waals surface area (Å²) in [6, 6.07) is 3.01. The highest BCUT2D eigenvalue weighted by Crippen LogP contribution is 2.49. The lowest BCUT2D eigenvalue weighted by molar-refractivity contribution is -0.236. The van der Waals surface area contributed by atoms with Crippen LogP contribution >= 0.6 is 11.6 Å². The highest BCUT2D eigenvalue weighted by molar-refractivity contribution is 6.31. The van der Waals surface area contributed by atoms with Crippen molar-refractivity contribution in [2.45, 2.75) is 70.6 Å². The zero-order chi connectivity index (χ0) is 20.6. The van der Waals surface area contributed by atoms with Gasteiger partial charge in [0.15, 0.2) is 0 Å². The molecular weight excluding hydrogens is 381 g/mol. The van der Waals surface area contributed by atoms with Crippen molar-refractivity contribution in [3.63, 3.8) is 0 Å². The third-order valence-corrected chi connectivity index (χ3v) is 5.50. The van der Waals surface area contributed by atoms with Crippen LogP contribution in [0.1, 0.15) is 64.5 Å². The predicted octanol–water partition coefficient (Wildman–Crippen LogP) is 6.38. The average molecular weight is 405 g/mol. The van der Waals surface area contributed by atoms with Gasteiger partial charge in [-0.25, -0.2) is 4.79 Å². The normalized spacial score (nSPS) is 19.9. The smallest absolute Gasteiger partial charge is 0.432 e. The van der Waals surface area contributed by atoms with Gasteiger partial charge in [-0.3, -0.25) is 0 Å². The van der Waals surface area contributed by atoms with E-state index in [0.29, 0.717) is 10.6 Å². The number of benzene rings is 1. The van der Waals surface area contributed by atoms with Gasteiger partial charge in [-0.1, -0.05) is 52.1 Å². The number of hydrogen-bond donors (Lipinski definition) is 1. The molecule has 0 aliphatic carbocycles. The lowest BCUT2D eigenvalue weighted by Crippen LogP contribution is -2.54. The first kappa shape index (κ1) is 21.6. The Morgan fingerprint density at radius 1 is 1.26 bits per heavy atom. The lowest BCUT2D eigenvalue weighted by Gasteiger charge is -2.39. The molecule has 7 heteroatoms. The molecule has 1 aliphatic heterocycles. The van der Waals surface area contributed by atoms with Gasteiger partial charge in [0.25, 0.3) is 0 Å². The first-order valence-electron chi connectivity index (χ1n) is 8.95. The van der Waals surface area contributed by atoms with Crippen LogP contribution in [-0.4, -0.2) is 22.9 Å². The fourth-order valence-electron chi connectivity index (χ4n) is 3.46. The number of carboxylic acid groups (broad SMARTS) is 1. The quantitative estimate of drug-likeness (QED) is 0.598. The summed E-state index contributed by atoms with van der Waals surface area (Å²) in [5, 5.41) is 9.75. The van der Waals surface area contributed by atoms with Gasteiger partial charge in [0.1, 0.15) is 5.75 Å². The molecular formula is C20H24ClF3O3. The maximum absolute atomic E-state index is 13.8. The van der Waals surface area contributed by atoms with E-state index in [9.17, 15) is 23.1 Å². The molecule has 0 bridgehead atoms. The molecule has 150 valence electrons. The molecule has 0 spiro atoms. The third kappa shape index (κ3) is 3.82. The van der Waals surface area contributed by atoms with Gasteiger partial charge in [0, 0.05) is 10.6 Å². The van der Waals surface area contributed by atoms with Crippen molar-refractivity contribution in [2.75, 3.05) is 0 Å². The molecule has 1 atom stereocenters. The minimum Gasteiger partial charge on any atom is -0.478 e. The topological polar surface area (TPSA) is 46.5 Å². The summed E-state index contributed by atoms with van der Waals surface area (Å²) >= 11 is 6.39. The molecule has 1 aliphatic rings. The molecule has 0 amide bonds. The summed E-state index contributed by atoms with van der Waals surface area (Å²) in [4.78, 5) is 11.5. The van der Waals surface area contributed by atoms with Gasteiger partial charge in [0.2, 0.25) is 5.60 Å². The van der Waals surface area contributed by atoms with Crippen LogP contribution in [0.2, 0.25) is 5.02 Å². The van der Waals surface area contributed by atoms with E-state index in [0.717, 1.165) is 25.3 Å². The van der Waals surface area contributed by atoms with E-state index in [-0.39, 0.29) is 16.7 Å². The monoisotopic (exact) mass is 404 g/mol. The van der Waals surface area contributed by atoms with Crippen LogP contribution in [0.5, 0.6) is 5.75 Å². The van der Waals surface area contributed by atoms with Crippen molar-refractivity contribution in [1.29, 1.82) is 0 Å². The van der Waals surface area contributed by atoms with E-state index in [1.165, 1.54) is 19.1 Å². The number of fused-ring (bicyclic) bond motifs is 1. The van der Waals surface area contributed by atoms with Gasteiger partial charge < -0.3 is 9.84 Å². The summed E-state index contributed by atoms with van der Waals surface area (Å²) in [6.07, 6.45) is -1.65. The standard InChI is InChI=1S/C20H24ClF3O3/c1-5-7-8-18(3,4)13-11-16-12(10-15(13)21)9-14(17(25)26)19(6-2,27-16)20(22,23)24/h9-11H,5-8H2,1-4H3,(H,25,26)/t19-/m1/s1. The first-order chi connectivity index (χ1) is 12.4. The predicted molar refractivity (Wildman–Crippen MR) is 99.3 cm³/mol. The largest absolute Gasteiger partial charge is 0.478 e. The maximum Gasteiger partial charge on any atom is 0.432 e. The molecule has 0 unspecified atom stereocenters. The fourth-order valence-corrected chi connectivity index (χ4v) is 3.89. The number of carbonyl (C=O) groups is 1. The van der Waals surface area contributed by atoms with E-state index in [2.05, 4.69) is 6.92 Å². The molecule has 2 rings (SSSR count). The minimum atomic E-state index is -4.87. The molecule has 1 aromatic carbocycles. The van der Waals surface area contributed by atoms with E-state index in [4.69, 9.17) is 16.3 Å². The van der Waals surface area contributed by atoms with Gasteiger partial charge in [0.05, 0.1) is 5.57 Å². The van der Waals surface area contributed by atoms with Crippen LogP contribution in [0.3, 0.4) is 0 Å². The van der Waals surface area contributed by atoms with Gasteiger partial charge in [-0.2, -0.15) is 13.2 Å². The number of aliphatic carboxylic acids is 1. The third-order valence-electron chi connectivity index (χ3n) is 5.19. The van der Waals surface area contributed by atoms with E-state index < -0.39 is 29.7 Å². The maximum atomic E-state index is 13.8. The van der Waals surface area contributed by atoms with E-state index >= 15 is 0 Å². The fraction of sp³-hybridized carbons (Fsp3) is 0.550. The number of rotatable bonds is 6.